The maximum absolute atomic E-state index is 12.3. The van der Waals surface area contributed by atoms with Crippen molar-refractivity contribution in [1.29, 1.82) is 0 Å². The summed E-state index contributed by atoms with van der Waals surface area (Å²) in [6.07, 6.45) is 2.50. The summed E-state index contributed by atoms with van der Waals surface area (Å²) < 4.78 is 11.1. The SMILES string of the molecule is CCOc1ccccc1OCC(=O)Nc1ccc(N2CCCC2)cc1C. The minimum atomic E-state index is -0.187. The summed E-state index contributed by atoms with van der Waals surface area (Å²) in [7, 11) is 0. The highest BCUT2D eigenvalue weighted by Gasteiger charge is 2.14. The summed E-state index contributed by atoms with van der Waals surface area (Å²) in [6.45, 7) is 6.64. The number of para-hydroxylation sites is 2. The van der Waals surface area contributed by atoms with Crippen LogP contribution in [0.1, 0.15) is 25.3 Å². The van der Waals surface area contributed by atoms with Crippen molar-refractivity contribution in [2.75, 3.05) is 36.5 Å². The van der Waals surface area contributed by atoms with Crippen LogP contribution in [0.4, 0.5) is 11.4 Å². The van der Waals surface area contributed by atoms with Crippen LogP contribution in [0.5, 0.6) is 11.5 Å². The van der Waals surface area contributed by atoms with E-state index in [2.05, 4.69) is 22.3 Å². The minimum Gasteiger partial charge on any atom is -0.490 e. The lowest BCUT2D eigenvalue weighted by Crippen LogP contribution is -2.21. The van der Waals surface area contributed by atoms with E-state index in [9.17, 15) is 4.79 Å². The zero-order valence-electron chi connectivity index (χ0n) is 15.5. The van der Waals surface area contributed by atoms with Gasteiger partial charge in [0.25, 0.3) is 5.91 Å². The number of ether oxygens (including phenoxy) is 2. The molecule has 26 heavy (non-hydrogen) atoms. The molecule has 1 saturated heterocycles. The van der Waals surface area contributed by atoms with Crippen molar-refractivity contribution in [2.45, 2.75) is 26.7 Å². The number of benzene rings is 2. The van der Waals surface area contributed by atoms with Crippen LogP contribution in [-0.4, -0.2) is 32.2 Å². The van der Waals surface area contributed by atoms with E-state index in [4.69, 9.17) is 9.47 Å². The molecule has 5 nitrogen and oxygen atoms in total. The number of carbonyl (C=O) groups excluding carboxylic acids is 1. The van der Waals surface area contributed by atoms with Crippen LogP contribution >= 0.6 is 0 Å². The second-order valence-corrected chi connectivity index (χ2v) is 6.41. The molecule has 5 heteroatoms. The Kier molecular flexibility index (Phi) is 6.00. The summed E-state index contributed by atoms with van der Waals surface area (Å²) in [6, 6.07) is 13.5. The molecule has 1 N–H and O–H groups in total. The van der Waals surface area contributed by atoms with Gasteiger partial charge in [-0.15, -0.1) is 0 Å². The Balaban J connectivity index is 1.58. The monoisotopic (exact) mass is 354 g/mol. The molecule has 1 aliphatic heterocycles. The van der Waals surface area contributed by atoms with Gasteiger partial charge < -0.3 is 19.7 Å². The highest BCUT2D eigenvalue weighted by atomic mass is 16.5. The zero-order chi connectivity index (χ0) is 18.4. The molecule has 2 aromatic rings. The average Bonchev–Trinajstić information content (AvgIpc) is 3.18. The Bertz CT molecular complexity index is 755. The van der Waals surface area contributed by atoms with Crippen LogP contribution < -0.4 is 19.7 Å². The molecule has 0 bridgehead atoms. The minimum absolute atomic E-state index is 0.0581. The number of rotatable bonds is 7. The highest BCUT2D eigenvalue weighted by Crippen LogP contribution is 2.27. The normalized spacial score (nSPS) is 13.5. The van der Waals surface area contributed by atoms with Gasteiger partial charge in [0.05, 0.1) is 6.61 Å². The molecular formula is C21H26N2O3. The molecule has 0 aliphatic carbocycles. The molecule has 3 rings (SSSR count). The van der Waals surface area contributed by atoms with Gasteiger partial charge in [-0.1, -0.05) is 12.1 Å². The fraction of sp³-hybridized carbons (Fsp3) is 0.381. The van der Waals surface area contributed by atoms with Crippen molar-refractivity contribution >= 4 is 17.3 Å². The van der Waals surface area contributed by atoms with Crippen molar-refractivity contribution in [3.8, 4) is 11.5 Å². The van der Waals surface area contributed by atoms with Gasteiger partial charge in [0.15, 0.2) is 18.1 Å². The van der Waals surface area contributed by atoms with Gasteiger partial charge in [-0.2, -0.15) is 0 Å². The molecule has 1 fully saturated rings. The molecule has 1 heterocycles. The second kappa shape index (κ2) is 8.61. The summed E-state index contributed by atoms with van der Waals surface area (Å²) in [5, 5.41) is 2.93. The lowest BCUT2D eigenvalue weighted by molar-refractivity contribution is -0.118. The Labute approximate surface area is 154 Å². The summed E-state index contributed by atoms with van der Waals surface area (Å²) in [5.41, 5.74) is 3.09. The molecule has 0 aromatic heterocycles. The molecule has 138 valence electrons. The highest BCUT2D eigenvalue weighted by molar-refractivity contribution is 5.92. The summed E-state index contributed by atoms with van der Waals surface area (Å²) in [4.78, 5) is 14.6. The van der Waals surface area contributed by atoms with Crippen LogP contribution in [0, 0.1) is 6.92 Å². The Morgan fingerprint density at radius 1 is 1.08 bits per heavy atom. The third-order valence-corrected chi connectivity index (χ3v) is 4.46. The first-order chi connectivity index (χ1) is 12.7. The Morgan fingerprint density at radius 3 is 2.42 bits per heavy atom. The van der Waals surface area contributed by atoms with E-state index in [1.807, 2.05) is 38.1 Å². The van der Waals surface area contributed by atoms with Gasteiger partial charge in [0, 0.05) is 24.5 Å². The maximum Gasteiger partial charge on any atom is 0.262 e. The van der Waals surface area contributed by atoms with Crippen molar-refractivity contribution in [2.24, 2.45) is 0 Å². The van der Waals surface area contributed by atoms with Crippen LogP contribution in [0.25, 0.3) is 0 Å². The molecule has 2 aromatic carbocycles. The smallest absolute Gasteiger partial charge is 0.262 e. The van der Waals surface area contributed by atoms with E-state index in [0.717, 1.165) is 24.3 Å². The Hall–Kier alpha value is -2.69. The fourth-order valence-electron chi connectivity index (χ4n) is 3.13. The number of nitrogens with one attached hydrogen (secondary N) is 1. The van der Waals surface area contributed by atoms with E-state index in [1.54, 1.807) is 6.07 Å². The van der Waals surface area contributed by atoms with E-state index < -0.39 is 0 Å². The predicted octanol–water partition coefficient (Wildman–Crippen LogP) is 4.01. The molecule has 0 saturated carbocycles. The van der Waals surface area contributed by atoms with E-state index in [-0.39, 0.29) is 12.5 Å². The van der Waals surface area contributed by atoms with Crippen LogP contribution in [-0.2, 0) is 4.79 Å². The van der Waals surface area contributed by atoms with Crippen molar-refractivity contribution in [3.63, 3.8) is 0 Å². The first-order valence-electron chi connectivity index (χ1n) is 9.17. The molecule has 1 amide bonds. The van der Waals surface area contributed by atoms with Crippen molar-refractivity contribution in [3.05, 3.63) is 48.0 Å². The molecule has 1 aliphatic rings. The van der Waals surface area contributed by atoms with Gasteiger partial charge >= 0.3 is 0 Å². The van der Waals surface area contributed by atoms with E-state index >= 15 is 0 Å². The zero-order valence-corrected chi connectivity index (χ0v) is 15.5. The molecule has 0 atom stereocenters. The largest absolute Gasteiger partial charge is 0.490 e. The molecule has 0 unspecified atom stereocenters. The molecule has 0 spiro atoms. The van der Waals surface area contributed by atoms with Gasteiger partial charge in [0.2, 0.25) is 0 Å². The first-order valence-corrected chi connectivity index (χ1v) is 9.17. The number of hydrogen-bond donors (Lipinski definition) is 1. The number of carbonyl (C=O) groups is 1. The number of aryl methyl sites for hydroxylation is 1. The maximum atomic E-state index is 12.3. The standard InChI is InChI=1S/C21H26N2O3/c1-3-25-19-8-4-5-9-20(19)26-15-21(24)22-18-11-10-17(14-16(18)2)23-12-6-7-13-23/h4-5,8-11,14H,3,6-7,12-13,15H2,1-2H3,(H,22,24). The first kappa shape index (κ1) is 18.1. The van der Waals surface area contributed by atoms with Gasteiger partial charge in [-0.05, 0) is 62.6 Å². The van der Waals surface area contributed by atoms with Crippen molar-refractivity contribution in [1.82, 2.24) is 0 Å². The van der Waals surface area contributed by atoms with Crippen molar-refractivity contribution < 1.29 is 14.3 Å². The summed E-state index contributed by atoms with van der Waals surface area (Å²) in [5.74, 6) is 1.04. The fourth-order valence-corrected chi connectivity index (χ4v) is 3.13. The van der Waals surface area contributed by atoms with E-state index in [0.29, 0.717) is 18.1 Å². The number of anilines is 2. The topological polar surface area (TPSA) is 50.8 Å². The third-order valence-electron chi connectivity index (χ3n) is 4.46. The molecule has 0 radical (unpaired) electrons. The predicted molar refractivity (Wildman–Crippen MR) is 104 cm³/mol. The lowest BCUT2D eigenvalue weighted by atomic mass is 10.1. The third kappa shape index (κ3) is 4.48. The lowest BCUT2D eigenvalue weighted by Gasteiger charge is -2.19. The Morgan fingerprint density at radius 2 is 1.77 bits per heavy atom. The van der Waals surface area contributed by atoms with Crippen LogP contribution in [0.15, 0.2) is 42.5 Å². The van der Waals surface area contributed by atoms with Gasteiger partial charge in [0.1, 0.15) is 0 Å². The van der Waals surface area contributed by atoms with Gasteiger partial charge in [-0.25, -0.2) is 0 Å². The number of amides is 1. The number of hydrogen-bond acceptors (Lipinski definition) is 4. The number of nitrogens with zero attached hydrogens (tertiary/aromatic N) is 1. The summed E-state index contributed by atoms with van der Waals surface area (Å²) >= 11 is 0. The molecular weight excluding hydrogens is 328 g/mol. The quantitative estimate of drug-likeness (QED) is 0.816. The second-order valence-electron chi connectivity index (χ2n) is 6.41. The van der Waals surface area contributed by atoms with E-state index in [1.165, 1.54) is 18.5 Å². The van der Waals surface area contributed by atoms with Crippen LogP contribution in [0.2, 0.25) is 0 Å². The van der Waals surface area contributed by atoms with Crippen LogP contribution in [0.3, 0.4) is 0 Å². The average molecular weight is 354 g/mol. The van der Waals surface area contributed by atoms with Gasteiger partial charge in [-0.3, -0.25) is 4.79 Å².